The first kappa shape index (κ1) is 21.8. The van der Waals surface area contributed by atoms with Crippen LogP contribution in [0.15, 0.2) is 89.9 Å². The third-order valence-corrected chi connectivity index (χ3v) is 4.62. The predicted octanol–water partition coefficient (Wildman–Crippen LogP) is 4.43. The molecule has 0 saturated carbocycles. The fourth-order valence-electron chi connectivity index (χ4n) is 2.98. The third-order valence-electron chi connectivity index (χ3n) is 4.62. The molecule has 2 aromatic heterocycles. The number of carbonyl (C=O) groups is 1. The maximum atomic E-state index is 12.7. The van der Waals surface area contributed by atoms with E-state index in [9.17, 15) is 18.0 Å². The Labute approximate surface area is 185 Å². The normalized spacial score (nSPS) is 11.1. The van der Waals surface area contributed by atoms with Crippen LogP contribution in [0.25, 0.3) is 11.4 Å². The van der Waals surface area contributed by atoms with E-state index in [-0.39, 0.29) is 12.1 Å². The summed E-state index contributed by atoms with van der Waals surface area (Å²) in [5, 5.41) is 7.42. The molecule has 0 unspecified atom stereocenters. The average molecular weight is 452 g/mol. The lowest BCUT2D eigenvalue weighted by Crippen LogP contribution is -2.05. The maximum Gasteiger partial charge on any atom is 0.434 e. The number of hydrogen-bond acceptors (Lipinski definition) is 4. The lowest BCUT2D eigenvalue weighted by atomic mass is 10.2. The van der Waals surface area contributed by atoms with Gasteiger partial charge in [0.2, 0.25) is 10.0 Å². The van der Waals surface area contributed by atoms with Gasteiger partial charge in [0, 0.05) is 30.2 Å². The first-order valence-corrected chi connectivity index (χ1v) is 9.82. The topological polar surface area (TPSA) is 91.5 Å². The first-order valence-electron chi connectivity index (χ1n) is 9.82. The summed E-state index contributed by atoms with van der Waals surface area (Å²) >= 11 is 0. The van der Waals surface area contributed by atoms with Gasteiger partial charge in [0.15, 0.2) is 5.69 Å². The van der Waals surface area contributed by atoms with Crippen molar-refractivity contribution in [3.05, 3.63) is 96.6 Å². The molecule has 0 N–H and O–H groups in total. The molecular formula is C22H17F3N7O+. The zero-order chi connectivity index (χ0) is 23.3. The van der Waals surface area contributed by atoms with Crippen molar-refractivity contribution in [2.75, 3.05) is 6.54 Å². The number of hydrogen-bond donors (Lipinski definition) is 0. The van der Waals surface area contributed by atoms with Crippen LogP contribution in [0.4, 0.5) is 13.2 Å². The molecule has 0 aliphatic rings. The molecule has 0 radical (unpaired) electrons. The van der Waals surface area contributed by atoms with Crippen molar-refractivity contribution in [2.45, 2.75) is 12.6 Å². The van der Waals surface area contributed by atoms with Crippen LogP contribution in [0.1, 0.15) is 21.7 Å². The molecule has 0 atom stereocenters. The van der Waals surface area contributed by atoms with Crippen LogP contribution in [0, 0.1) is 0 Å². The Morgan fingerprint density at radius 1 is 0.939 bits per heavy atom. The molecule has 0 bridgehead atoms. The summed E-state index contributed by atoms with van der Waals surface area (Å²) in [6, 6.07) is 15.7. The molecule has 2 aromatic carbocycles. The molecule has 4 aromatic rings. The number of imidazole rings is 2. The Balaban J connectivity index is 1.36. The molecule has 0 aliphatic carbocycles. The van der Waals surface area contributed by atoms with Gasteiger partial charge in [-0.2, -0.15) is 13.2 Å². The third kappa shape index (κ3) is 5.46. The van der Waals surface area contributed by atoms with Crippen LogP contribution in [0.5, 0.6) is 0 Å². The van der Waals surface area contributed by atoms with Crippen LogP contribution >= 0.6 is 0 Å². The van der Waals surface area contributed by atoms with Gasteiger partial charge in [0.05, 0.1) is 23.9 Å². The molecule has 1 amide bonds. The quantitative estimate of drug-likeness (QED) is 0.320. The Morgan fingerprint density at radius 3 is 2.42 bits per heavy atom. The Morgan fingerprint density at radius 2 is 1.67 bits per heavy atom. The van der Waals surface area contributed by atoms with Gasteiger partial charge in [-0.15, -0.1) is 0 Å². The van der Waals surface area contributed by atoms with E-state index in [1.807, 2.05) is 41.1 Å². The van der Waals surface area contributed by atoms with Gasteiger partial charge in [-0.3, -0.25) is 4.79 Å². The van der Waals surface area contributed by atoms with Gasteiger partial charge in [0.25, 0.3) is 0 Å². The van der Waals surface area contributed by atoms with Gasteiger partial charge < -0.3 is 9.13 Å². The molecule has 33 heavy (non-hydrogen) atoms. The molecule has 166 valence electrons. The van der Waals surface area contributed by atoms with E-state index in [4.69, 9.17) is 0 Å². The highest BCUT2D eigenvalue weighted by Gasteiger charge is 2.33. The summed E-state index contributed by atoms with van der Waals surface area (Å²) in [5.74, 6) is -0.662. The lowest BCUT2D eigenvalue weighted by molar-refractivity contribution is -0.140. The van der Waals surface area contributed by atoms with Crippen LogP contribution < -0.4 is 4.91 Å². The van der Waals surface area contributed by atoms with Crippen molar-refractivity contribution >= 4 is 5.91 Å². The number of amides is 1. The fraction of sp³-hybridized carbons (Fsp3) is 0.136. The minimum atomic E-state index is -4.55. The number of rotatable bonds is 6. The van der Waals surface area contributed by atoms with E-state index in [2.05, 4.69) is 25.1 Å². The van der Waals surface area contributed by atoms with Crippen LogP contribution in [-0.4, -0.2) is 31.6 Å². The van der Waals surface area contributed by atoms with Crippen LogP contribution in [-0.2, 0) is 12.6 Å². The Kier molecular flexibility index (Phi) is 6.23. The Hall–Kier alpha value is -4.37. The molecule has 8 nitrogen and oxygen atoms in total. The number of aromatic nitrogens is 4. The molecule has 11 heteroatoms. The highest BCUT2D eigenvalue weighted by molar-refractivity contribution is 5.94. The van der Waals surface area contributed by atoms with Crippen molar-refractivity contribution in [1.82, 2.24) is 24.0 Å². The molecule has 2 heterocycles. The van der Waals surface area contributed by atoms with E-state index >= 15 is 0 Å². The van der Waals surface area contributed by atoms with Crippen molar-refractivity contribution in [2.24, 2.45) is 10.2 Å². The first-order chi connectivity index (χ1) is 15.9. The number of benzene rings is 2. The number of nitrogens with zero attached hydrogens (tertiary/aromatic N) is 7. The van der Waals surface area contributed by atoms with E-state index < -0.39 is 17.8 Å². The van der Waals surface area contributed by atoms with Gasteiger partial charge in [0.1, 0.15) is 11.7 Å². The minimum Gasteiger partial charge on any atom is -0.306 e. The standard InChI is InChI=1S/C22H17F3N7O/c23-22(24,25)20-13-32(15-27-20)19-8-4-5-16(11-19)21(33)29-30-28-10-9-17-12-31(14-26-17)18-6-2-1-3-7-18/h1-8,11-15H,9-10H2/q+1. The van der Waals surface area contributed by atoms with Crippen molar-refractivity contribution in [3.63, 3.8) is 0 Å². The van der Waals surface area contributed by atoms with E-state index in [1.54, 1.807) is 12.4 Å². The predicted molar refractivity (Wildman–Crippen MR) is 112 cm³/mol. The van der Waals surface area contributed by atoms with Crippen molar-refractivity contribution in [3.8, 4) is 11.4 Å². The largest absolute Gasteiger partial charge is 0.434 e. The fourth-order valence-corrected chi connectivity index (χ4v) is 2.98. The molecular weight excluding hydrogens is 435 g/mol. The zero-order valence-corrected chi connectivity index (χ0v) is 17.1. The number of para-hydroxylation sites is 1. The maximum absolute atomic E-state index is 12.7. The van der Waals surface area contributed by atoms with Gasteiger partial charge in [-0.05, 0) is 30.3 Å². The smallest absolute Gasteiger partial charge is 0.306 e. The van der Waals surface area contributed by atoms with Gasteiger partial charge in [-0.25, -0.2) is 9.97 Å². The summed E-state index contributed by atoms with van der Waals surface area (Å²) in [7, 11) is 0. The molecule has 0 aliphatic heterocycles. The zero-order valence-electron chi connectivity index (χ0n) is 17.1. The van der Waals surface area contributed by atoms with Crippen LogP contribution in [0.2, 0.25) is 0 Å². The second kappa shape index (κ2) is 9.41. The van der Waals surface area contributed by atoms with Crippen LogP contribution in [0.3, 0.4) is 0 Å². The lowest BCUT2D eigenvalue weighted by Gasteiger charge is -2.03. The summed E-state index contributed by atoms with van der Waals surface area (Å²) in [4.78, 5) is 23.5. The van der Waals surface area contributed by atoms with E-state index in [1.165, 1.54) is 22.8 Å². The van der Waals surface area contributed by atoms with E-state index in [0.717, 1.165) is 23.9 Å². The molecule has 0 spiro atoms. The number of halogens is 3. The number of alkyl halides is 3. The highest BCUT2D eigenvalue weighted by Crippen LogP contribution is 2.28. The van der Waals surface area contributed by atoms with Crippen molar-refractivity contribution in [1.29, 1.82) is 0 Å². The monoisotopic (exact) mass is 452 g/mol. The second-order valence-electron chi connectivity index (χ2n) is 6.93. The summed E-state index contributed by atoms with van der Waals surface area (Å²) in [6.45, 7) is 0.290. The molecule has 0 fully saturated rings. The summed E-state index contributed by atoms with van der Waals surface area (Å²) in [6.07, 6.45) is 1.44. The van der Waals surface area contributed by atoms with Crippen molar-refractivity contribution < 1.29 is 18.0 Å². The average Bonchev–Trinajstić information content (AvgIpc) is 3.50. The van der Waals surface area contributed by atoms with Gasteiger partial charge >= 0.3 is 12.1 Å². The molecule has 0 saturated heterocycles. The SMILES string of the molecule is O=C(N=[N+]=NCCc1cn(-c2ccccc2)cn1)c1cccc(-n2cnc(C(F)(F)F)c2)c1. The number of carbonyl (C=O) groups excluding carboxylic acids is 1. The minimum absolute atomic E-state index is 0.162. The Bertz CT molecular complexity index is 1320. The second-order valence-corrected chi connectivity index (χ2v) is 6.93. The molecule has 4 rings (SSSR count). The highest BCUT2D eigenvalue weighted by atomic mass is 19.4. The van der Waals surface area contributed by atoms with E-state index in [0.29, 0.717) is 12.1 Å². The summed E-state index contributed by atoms with van der Waals surface area (Å²) < 4.78 is 41.3. The summed E-state index contributed by atoms with van der Waals surface area (Å²) in [5.41, 5.74) is 1.29. The van der Waals surface area contributed by atoms with Gasteiger partial charge in [-0.1, -0.05) is 24.3 Å².